The molecule has 1 amide bonds. The number of carbonyl (C=O) groups is 2. The first-order valence-corrected chi connectivity index (χ1v) is 10.2. The number of hydrogen-bond donors (Lipinski definition) is 2. The molecule has 7 heteroatoms. The van der Waals surface area contributed by atoms with Gasteiger partial charge in [-0.25, -0.2) is 4.79 Å². The SMILES string of the molecule is COC(=O)c1ccc(-c2ccco2)cc1NC(=O)c1cc(N2CCCCC2)ccc1O. The second kappa shape index (κ2) is 8.95. The molecular formula is C24H24N2O5. The van der Waals surface area contributed by atoms with Crippen molar-refractivity contribution >= 4 is 23.3 Å². The maximum atomic E-state index is 13.1. The predicted molar refractivity (Wildman–Crippen MR) is 118 cm³/mol. The van der Waals surface area contributed by atoms with Crippen LogP contribution >= 0.6 is 0 Å². The van der Waals surface area contributed by atoms with Crippen molar-refractivity contribution in [3.63, 3.8) is 0 Å². The Labute approximate surface area is 180 Å². The van der Waals surface area contributed by atoms with Crippen molar-refractivity contribution < 1.29 is 23.8 Å². The second-order valence-corrected chi connectivity index (χ2v) is 7.43. The van der Waals surface area contributed by atoms with Crippen molar-refractivity contribution in [2.45, 2.75) is 19.3 Å². The molecule has 0 radical (unpaired) electrons. The standard InChI is InChI=1S/C24H24N2O5/c1-30-24(29)18-9-7-16(22-6-5-13-31-22)14-20(18)25-23(28)19-15-17(8-10-21(19)27)26-11-3-2-4-12-26/h5-10,13-15,27H,2-4,11-12H2,1H3,(H,25,28). The number of phenols is 1. The number of benzene rings is 2. The first-order valence-electron chi connectivity index (χ1n) is 10.2. The zero-order chi connectivity index (χ0) is 21.8. The van der Waals surface area contributed by atoms with E-state index in [9.17, 15) is 14.7 Å². The third-order valence-electron chi connectivity index (χ3n) is 5.42. The zero-order valence-corrected chi connectivity index (χ0v) is 17.3. The topological polar surface area (TPSA) is 92.0 Å². The summed E-state index contributed by atoms with van der Waals surface area (Å²) in [5.74, 6) is -0.618. The second-order valence-electron chi connectivity index (χ2n) is 7.43. The van der Waals surface area contributed by atoms with Crippen LogP contribution in [0.1, 0.15) is 40.0 Å². The summed E-state index contributed by atoms with van der Waals surface area (Å²) >= 11 is 0. The lowest BCUT2D eigenvalue weighted by molar-refractivity contribution is 0.0602. The van der Waals surface area contributed by atoms with Gasteiger partial charge < -0.3 is 24.5 Å². The number of ether oxygens (including phenoxy) is 1. The van der Waals surface area contributed by atoms with Crippen LogP contribution in [-0.4, -0.2) is 37.2 Å². The van der Waals surface area contributed by atoms with Gasteiger partial charge in [0.15, 0.2) is 0 Å². The van der Waals surface area contributed by atoms with E-state index < -0.39 is 11.9 Å². The molecule has 1 aliphatic rings. The van der Waals surface area contributed by atoms with Crippen LogP contribution in [0.2, 0.25) is 0 Å². The third-order valence-corrected chi connectivity index (χ3v) is 5.42. The highest BCUT2D eigenvalue weighted by atomic mass is 16.5. The molecule has 31 heavy (non-hydrogen) atoms. The molecule has 0 unspecified atom stereocenters. The molecule has 1 aliphatic heterocycles. The average Bonchev–Trinajstić information content (AvgIpc) is 3.34. The largest absolute Gasteiger partial charge is 0.507 e. The van der Waals surface area contributed by atoms with E-state index in [1.54, 1.807) is 42.7 Å². The van der Waals surface area contributed by atoms with Crippen LogP contribution in [-0.2, 0) is 4.74 Å². The van der Waals surface area contributed by atoms with Gasteiger partial charge in [-0.3, -0.25) is 4.79 Å². The van der Waals surface area contributed by atoms with Crippen LogP contribution in [0.4, 0.5) is 11.4 Å². The number of esters is 1. The predicted octanol–water partition coefficient (Wildman–Crippen LogP) is 4.68. The summed E-state index contributed by atoms with van der Waals surface area (Å²) in [7, 11) is 1.28. The smallest absolute Gasteiger partial charge is 0.339 e. The number of nitrogens with zero attached hydrogens (tertiary/aromatic N) is 1. The Hall–Kier alpha value is -3.74. The molecule has 0 spiro atoms. The van der Waals surface area contributed by atoms with E-state index in [1.807, 2.05) is 6.07 Å². The van der Waals surface area contributed by atoms with Crippen molar-refractivity contribution in [2.75, 3.05) is 30.4 Å². The van der Waals surface area contributed by atoms with Crippen LogP contribution in [0.5, 0.6) is 5.75 Å². The summed E-state index contributed by atoms with van der Waals surface area (Å²) in [4.78, 5) is 27.5. The number of methoxy groups -OCH3 is 1. The molecule has 1 fully saturated rings. The van der Waals surface area contributed by atoms with Crippen molar-refractivity contribution in [1.29, 1.82) is 0 Å². The Morgan fingerprint density at radius 3 is 2.55 bits per heavy atom. The molecule has 2 heterocycles. The maximum Gasteiger partial charge on any atom is 0.339 e. The molecule has 160 valence electrons. The summed E-state index contributed by atoms with van der Waals surface area (Å²) in [6.07, 6.45) is 4.95. The summed E-state index contributed by atoms with van der Waals surface area (Å²) < 4.78 is 10.3. The summed E-state index contributed by atoms with van der Waals surface area (Å²) in [6, 6.07) is 13.5. The maximum absolute atomic E-state index is 13.1. The number of phenolic OH excluding ortho intramolecular Hbond substituents is 1. The van der Waals surface area contributed by atoms with Gasteiger partial charge >= 0.3 is 5.97 Å². The third kappa shape index (κ3) is 4.40. The molecule has 2 N–H and O–H groups in total. The minimum Gasteiger partial charge on any atom is -0.507 e. The van der Waals surface area contributed by atoms with Gasteiger partial charge in [-0.05, 0) is 61.7 Å². The zero-order valence-electron chi connectivity index (χ0n) is 17.3. The molecule has 7 nitrogen and oxygen atoms in total. The minimum atomic E-state index is -0.576. The van der Waals surface area contributed by atoms with E-state index in [1.165, 1.54) is 19.6 Å². The van der Waals surface area contributed by atoms with E-state index in [2.05, 4.69) is 10.2 Å². The molecule has 0 saturated carbocycles. The molecule has 1 aromatic heterocycles. The average molecular weight is 420 g/mol. The van der Waals surface area contributed by atoms with Gasteiger partial charge in [-0.1, -0.05) is 6.07 Å². The lowest BCUT2D eigenvalue weighted by Gasteiger charge is -2.29. The lowest BCUT2D eigenvalue weighted by Crippen LogP contribution is -2.29. The number of furan rings is 1. The number of aromatic hydroxyl groups is 1. The Morgan fingerprint density at radius 2 is 1.84 bits per heavy atom. The summed E-state index contributed by atoms with van der Waals surface area (Å²) in [5.41, 5.74) is 2.20. The van der Waals surface area contributed by atoms with E-state index in [4.69, 9.17) is 9.15 Å². The molecule has 4 rings (SSSR count). The monoisotopic (exact) mass is 420 g/mol. The first-order chi connectivity index (χ1) is 15.1. The van der Waals surface area contributed by atoms with Crippen LogP contribution in [0, 0.1) is 0 Å². The molecule has 2 aromatic carbocycles. The van der Waals surface area contributed by atoms with Crippen molar-refractivity contribution in [3.8, 4) is 17.1 Å². The van der Waals surface area contributed by atoms with Crippen molar-refractivity contribution in [3.05, 3.63) is 65.9 Å². The van der Waals surface area contributed by atoms with Crippen LogP contribution in [0.15, 0.2) is 59.2 Å². The number of piperidine rings is 1. The minimum absolute atomic E-state index is 0.125. The highest BCUT2D eigenvalue weighted by molar-refractivity contribution is 6.10. The Bertz CT molecular complexity index is 1090. The number of nitrogens with one attached hydrogen (secondary N) is 1. The number of hydrogen-bond acceptors (Lipinski definition) is 6. The number of amides is 1. The summed E-state index contributed by atoms with van der Waals surface area (Å²) in [5, 5.41) is 13.1. The van der Waals surface area contributed by atoms with Crippen molar-refractivity contribution in [1.82, 2.24) is 0 Å². The first kappa shape index (κ1) is 20.5. The fourth-order valence-electron chi connectivity index (χ4n) is 3.78. The van der Waals surface area contributed by atoms with Gasteiger partial charge in [0, 0.05) is 24.3 Å². The van der Waals surface area contributed by atoms with Gasteiger partial charge in [-0.2, -0.15) is 0 Å². The number of anilines is 2. The van der Waals surface area contributed by atoms with Gasteiger partial charge in [0.1, 0.15) is 11.5 Å². The summed E-state index contributed by atoms with van der Waals surface area (Å²) in [6.45, 7) is 1.84. The van der Waals surface area contributed by atoms with Gasteiger partial charge in [0.2, 0.25) is 0 Å². The van der Waals surface area contributed by atoms with Crippen LogP contribution in [0.25, 0.3) is 11.3 Å². The molecule has 1 saturated heterocycles. The molecule has 0 atom stereocenters. The Morgan fingerprint density at radius 1 is 1.03 bits per heavy atom. The number of rotatable bonds is 5. The van der Waals surface area contributed by atoms with E-state index in [0.717, 1.165) is 31.6 Å². The molecule has 3 aromatic rings. The van der Waals surface area contributed by atoms with Crippen LogP contribution < -0.4 is 10.2 Å². The Balaban J connectivity index is 1.66. The van der Waals surface area contributed by atoms with Gasteiger partial charge in [0.05, 0.1) is 30.2 Å². The quantitative estimate of drug-likeness (QED) is 0.582. The lowest BCUT2D eigenvalue weighted by atomic mass is 10.1. The van der Waals surface area contributed by atoms with Crippen molar-refractivity contribution in [2.24, 2.45) is 0 Å². The van der Waals surface area contributed by atoms with E-state index >= 15 is 0 Å². The van der Waals surface area contributed by atoms with E-state index in [0.29, 0.717) is 11.3 Å². The highest BCUT2D eigenvalue weighted by Crippen LogP contribution is 2.30. The van der Waals surface area contributed by atoms with Crippen LogP contribution in [0.3, 0.4) is 0 Å². The van der Waals surface area contributed by atoms with E-state index in [-0.39, 0.29) is 22.6 Å². The van der Waals surface area contributed by atoms with Gasteiger partial charge in [-0.15, -0.1) is 0 Å². The fourth-order valence-corrected chi connectivity index (χ4v) is 3.78. The molecular weight excluding hydrogens is 396 g/mol. The molecule has 0 bridgehead atoms. The Kier molecular flexibility index (Phi) is 5.93. The molecule has 0 aliphatic carbocycles. The van der Waals surface area contributed by atoms with Gasteiger partial charge in [0.25, 0.3) is 5.91 Å². The normalized spacial score (nSPS) is 13.6. The fraction of sp³-hybridized carbons (Fsp3) is 0.250. The number of carbonyl (C=O) groups excluding carboxylic acids is 2. The highest BCUT2D eigenvalue weighted by Gasteiger charge is 2.20.